The summed E-state index contributed by atoms with van der Waals surface area (Å²) >= 11 is 6.06. The van der Waals surface area contributed by atoms with Crippen LogP contribution in [0.25, 0.3) is 16.9 Å². The average molecular weight is 329 g/mol. The molecular weight excluding hydrogens is 321 g/mol. The molecule has 0 bridgehead atoms. The number of rotatable bonds is 2. The fraction of sp³-hybridized carbons (Fsp3) is 0.154. The Morgan fingerprint density at radius 3 is 2.45 bits per heavy atom. The number of ether oxygens (including phenoxy) is 1. The smallest absolute Gasteiger partial charge is 0.406 e. The largest absolute Gasteiger partial charge is 0.573 e. The minimum Gasteiger partial charge on any atom is -0.406 e. The molecule has 0 radical (unpaired) electrons. The van der Waals surface area contributed by atoms with Gasteiger partial charge in [-0.25, -0.2) is 15.0 Å². The predicted octanol–water partition coefficient (Wildman–Crippen LogP) is 3.68. The Bertz CT molecular complexity index is 830. The number of aryl methyl sites for hydroxylation is 1. The van der Waals surface area contributed by atoms with Crippen molar-refractivity contribution < 1.29 is 17.9 Å². The van der Waals surface area contributed by atoms with E-state index in [0.29, 0.717) is 22.7 Å². The van der Waals surface area contributed by atoms with Gasteiger partial charge < -0.3 is 4.74 Å². The third-order valence-electron chi connectivity index (χ3n) is 2.90. The second-order valence-electron chi connectivity index (χ2n) is 4.37. The highest BCUT2D eigenvalue weighted by molar-refractivity contribution is 6.33. The Labute approximate surface area is 127 Å². The van der Waals surface area contributed by atoms with Crippen LogP contribution in [0.1, 0.15) is 5.82 Å². The molecule has 3 aromatic rings. The summed E-state index contributed by atoms with van der Waals surface area (Å²) in [5.74, 6) is 0.280. The molecule has 0 unspecified atom stereocenters. The van der Waals surface area contributed by atoms with Crippen molar-refractivity contribution in [3.63, 3.8) is 0 Å². The van der Waals surface area contributed by atoms with Crippen molar-refractivity contribution in [3.05, 3.63) is 41.6 Å². The lowest BCUT2D eigenvalue weighted by Gasteiger charge is -2.11. The van der Waals surface area contributed by atoms with Gasteiger partial charge in [0.15, 0.2) is 10.8 Å². The molecule has 9 heteroatoms. The van der Waals surface area contributed by atoms with E-state index in [-0.39, 0.29) is 10.9 Å². The molecule has 5 nitrogen and oxygen atoms in total. The normalized spacial score (nSPS) is 11.9. The van der Waals surface area contributed by atoms with E-state index < -0.39 is 6.36 Å². The molecule has 0 fully saturated rings. The maximum absolute atomic E-state index is 12.2. The first kappa shape index (κ1) is 14.6. The summed E-state index contributed by atoms with van der Waals surface area (Å²) < 4.78 is 42.0. The monoisotopic (exact) mass is 328 g/mol. The molecule has 114 valence electrons. The molecule has 0 saturated carbocycles. The predicted molar refractivity (Wildman–Crippen MR) is 73.1 cm³/mol. The molecule has 2 heterocycles. The molecule has 0 spiro atoms. The number of imidazole rings is 1. The number of benzene rings is 1. The van der Waals surface area contributed by atoms with E-state index in [2.05, 4.69) is 19.7 Å². The molecule has 2 aromatic heterocycles. The number of hydrogen-bond acceptors (Lipinski definition) is 4. The van der Waals surface area contributed by atoms with Crippen LogP contribution in [-0.4, -0.2) is 25.9 Å². The van der Waals surface area contributed by atoms with Gasteiger partial charge >= 0.3 is 6.36 Å². The van der Waals surface area contributed by atoms with Gasteiger partial charge in [-0.1, -0.05) is 11.6 Å². The zero-order chi connectivity index (χ0) is 15.9. The van der Waals surface area contributed by atoms with Gasteiger partial charge in [0.1, 0.15) is 23.4 Å². The number of alkyl halides is 3. The van der Waals surface area contributed by atoms with E-state index in [4.69, 9.17) is 11.6 Å². The van der Waals surface area contributed by atoms with Crippen LogP contribution in [0.3, 0.4) is 0 Å². The third kappa shape index (κ3) is 2.69. The molecule has 0 aliphatic heterocycles. The maximum atomic E-state index is 12.2. The summed E-state index contributed by atoms with van der Waals surface area (Å²) in [5.41, 5.74) is 1.48. The fourth-order valence-corrected chi connectivity index (χ4v) is 2.31. The first-order valence-electron chi connectivity index (χ1n) is 6.07. The van der Waals surface area contributed by atoms with E-state index in [1.54, 1.807) is 11.5 Å². The van der Waals surface area contributed by atoms with Crippen LogP contribution in [0.4, 0.5) is 13.2 Å². The van der Waals surface area contributed by atoms with Gasteiger partial charge in [-0.15, -0.1) is 13.2 Å². The van der Waals surface area contributed by atoms with E-state index in [0.717, 1.165) is 0 Å². The molecule has 1 aromatic carbocycles. The molecular formula is C13H8ClF3N4O. The number of nitrogens with zero attached hydrogens (tertiary/aromatic N) is 4. The molecule has 22 heavy (non-hydrogen) atoms. The SMILES string of the molecule is Cc1nc2ncnc(Cl)c2n1-c1ccc(OC(F)(F)F)cc1. The van der Waals surface area contributed by atoms with Crippen LogP contribution in [0.5, 0.6) is 5.75 Å². The Hall–Kier alpha value is -2.35. The molecule has 0 amide bonds. The van der Waals surface area contributed by atoms with Crippen LogP contribution < -0.4 is 4.74 Å². The quantitative estimate of drug-likeness (QED) is 0.673. The zero-order valence-corrected chi connectivity index (χ0v) is 11.9. The number of hydrogen-bond donors (Lipinski definition) is 0. The van der Waals surface area contributed by atoms with Crippen LogP contribution >= 0.6 is 11.6 Å². The van der Waals surface area contributed by atoms with E-state index in [9.17, 15) is 13.2 Å². The second-order valence-corrected chi connectivity index (χ2v) is 4.73. The topological polar surface area (TPSA) is 52.8 Å². The highest BCUT2D eigenvalue weighted by Crippen LogP contribution is 2.27. The van der Waals surface area contributed by atoms with Gasteiger partial charge in [0, 0.05) is 5.69 Å². The fourth-order valence-electron chi connectivity index (χ4n) is 2.10. The van der Waals surface area contributed by atoms with Crippen molar-refractivity contribution in [3.8, 4) is 11.4 Å². The Morgan fingerprint density at radius 2 is 1.82 bits per heavy atom. The van der Waals surface area contributed by atoms with Crippen LogP contribution in [0, 0.1) is 6.92 Å². The van der Waals surface area contributed by atoms with Crippen molar-refractivity contribution in [2.75, 3.05) is 0 Å². The highest BCUT2D eigenvalue weighted by atomic mass is 35.5. The first-order chi connectivity index (χ1) is 10.3. The van der Waals surface area contributed by atoms with Gasteiger partial charge in [-0.2, -0.15) is 0 Å². The van der Waals surface area contributed by atoms with E-state index >= 15 is 0 Å². The van der Waals surface area contributed by atoms with Gasteiger partial charge in [0.2, 0.25) is 0 Å². The summed E-state index contributed by atoms with van der Waals surface area (Å²) in [5, 5.41) is 0.209. The Morgan fingerprint density at radius 1 is 1.14 bits per heavy atom. The highest BCUT2D eigenvalue weighted by Gasteiger charge is 2.31. The summed E-state index contributed by atoms with van der Waals surface area (Å²) in [6.45, 7) is 1.73. The molecule has 0 aliphatic rings. The lowest BCUT2D eigenvalue weighted by Crippen LogP contribution is -2.17. The summed E-state index contributed by atoms with van der Waals surface area (Å²) in [6, 6.07) is 5.37. The van der Waals surface area contributed by atoms with Gasteiger partial charge in [-0.3, -0.25) is 4.57 Å². The number of aromatic nitrogens is 4. The second kappa shape index (κ2) is 5.13. The third-order valence-corrected chi connectivity index (χ3v) is 3.18. The van der Waals surface area contributed by atoms with Crippen molar-refractivity contribution in [2.24, 2.45) is 0 Å². The van der Waals surface area contributed by atoms with Crippen molar-refractivity contribution in [1.29, 1.82) is 0 Å². The van der Waals surface area contributed by atoms with Gasteiger partial charge in [0.05, 0.1) is 0 Å². The number of fused-ring (bicyclic) bond motifs is 1. The van der Waals surface area contributed by atoms with Crippen LogP contribution in [-0.2, 0) is 0 Å². The van der Waals surface area contributed by atoms with Crippen LogP contribution in [0.2, 0.25) is 5.15 Å². The summed E-state index contributed by atoms with van der Waals surface area (Å²) in [4.78, 5) is 12.2. The lowest BCUT2D eigenvalue weighted by atomic mass is 10.3. The maximum Gasteiger partial charge on any atom is 0.573 e. The van der Waals surface area contributed by atoms with Crippen LogP contribution in [0.15, 0.2) is 30.6 Å². The molecule has 0 aliphatic carbocycles. The minimum absolute atomic E-state index is 0.209. The lowest BCUT2D eigenvalue weighted by molar-refractivity contribution is -0.274. The Balaban J connectivity index is 2.07. The average Bonchev–Trinajstić information content (AvgIpc) is 2.75. The van der Waals surface area contributed by atoms with E-state index in [1.165, 1.54) is 30.6 Å². The minimum atomic E-state index is -4.73. The van der Waals surface area contributed by atoms with E-state index in [1.807, 2.05) is 0 Å². The summed E-state index contributed by atoms with van der Waals surface area (Å²) in [6.07, 6.45) is -3.43. The first-order valence-corrected chi connectivity index (χ1v) is 6.45. The molecule has 3 rings (SSSR count). The molecule has 0 N–H and O–H groups in total. The zero-order valence-electron chi connectivity index (χ0n) is 11.1. The summed E-state index contributed by atoms with van der Waals surface area (Å²) in [7, 11) is 0. The van der Waals surface area contributed by atoms with Crippen molar-refractivity contribution in [1.82, 2.24) is 19.5 Å². The molecule has 0 atom stereocenters. The van der Waals surface area contributed by atoms with Crippen molar-refractivity contribution >= 4 is 22.8 Å². The molecule has 0 saturated heterocycles. The number of halogens is 4. The van der Waals surface area contributed by atoms with Gasteiger partial charge in [0.25, 0.3) is 0 Å². The van der Waals surface area contributed by atoms with Crippen molar-refractivity contribution in [2.45, 2.75) is 13.3 Å². The standard InChI is InChI=1S/C13H8ClF3N4O/c1-7-20-12-10(11(14)18-6-19-12)21(7)8-2-4-9(5-3-8)22-13(15,16)17/h2-6H,1H3. The Kier molecular flexibility index (Phi) is 3.40. The van der Waals surface area contributed by atoms with Gasteiger partial charge in [-0.05, 0) is 31.2 Å².